The molecule has 1 aromatic carbocycles. The van der Waals surface area contributed by atoms with Crippen molar-refractivity contribution in [3.8, 4) is 0 Å². The Kier molecular flexibility index (Phi) is 4.26. The van der Waals surface area contributed by atoms with Crippen molar-refractivity contribution in [3.05, 3.63) is 39.7 Å². The highest BCUT2D eigenvalue weighted by atomic mass is 79.9. The summed E-state index contributed by atoms with van der Waals surface area (Å²) in [6, 6.07) is 7.13. The van der Waals surface area contributed by atoms with E-state index in [-0.39, 0.29) is 21.1 Å². The first-order chi connectivity index (χ1) is 9.73. The fourth-order valence-corrected chi connectivity index (χ4v) is 5.10. The average Bonchev–Trinajstić information content (AvgIpc) is 2.85. The number of nitrogen functional groups attached to an aromatic ring is 1. The third-order valence-corrected chi connectivity index (χ3v) is 6.62. The summed E-state index contributed by atoms with van der Waals surface area (Å²) in [4.78, 5) is 11.3. The van der Waals surface area contributed by atoms with E-state index in [1.54, 1.807) is 6.07 Å². The molecule has 0 saturated heterocycles. The summed E-state index contributed by atoms with van der Waals surface area (Å²) >= 11 is 4.25. The van der Waals surface area contributed by atoms with Gasteiger partial charge in [0.25, 0.3) is 10.0 Å². The van der Waals surface area contributed by atoms with Gasteiger partial charge in [-0.2, -0.15) is 0 Å². The van der Waals surface area contributed by atoms with Crippen LogP contribution in [0.1, 0.15) is 10.4 Å². The maximum atomic E-state index is 12.5. The molecule has 3 N–H and O–H groups in total. The van der Waals surface area contributed by atoms with E-state index in [1.807, 2.05) is 0 Å². The number of halogens is 1. The Morgan fingerprint density at radius 3 is 2.52 bits per heavy atom. The molecule has 0 aliphatic heterocycles. The number of hydrogen-bond donors (Lipinski definition) is 2. The first kappa shape index (κ1) is 15.8. The summed E-state index contributed by atoms with van der Waals surface area (Å²) in [5.74, 6) is -1.24. The minimum Gasteiger partial charge on any atom is -0.478 e. The summed E-state index contributed by atoms with van der Waals surface area (Å²) < 4.78 is 26.7. The number of rotatable bonds is 4. The van der Waals surface area contributed by atoms with Gasteiger partial charge in [0.2, 0.25) is 0 Å². The lowest BCUT2D eigenvalue weighted by Gasteiger charge is -2.20. The van der Waals surface area contributed by atoms with Crippen LogP contribution in [-0.2, 0) is 10.0 Å². The second-order valence-corrected chi connectivity index (χ2v) is 8.77. The Balaban J connectivity index is 2.54. The van der Waals surface area contributed by atoms with Crippen LogP contribution >= 0.6 is 27.3 Å². The highest BCUT2D eigenvalue weighted by Crippen LogP contribution is 2.32. The maximum Gasteiger partial charge on any atom is 0.337 e. The minimum atomic E-state index is -3.82. The zero-order valence-corrected chi connectivity index (χ0v) is 14.0. The predicted molar refractivity (Wildman–Crippen MR) is 85.4 cm³/mol. The van der Waals surface area contributed by atoms with Gasteiger partial charge in [-0.15, -0.1) is 11.3 Å². The van der Waals surface area contributed by atoms with Gasteiger partial charge in [-0.25, -0.2) is 13.2 Å². The minimum absolute atomic E-state index is 0.0567. The summed E-state index contributed by atoms with van der Waals surface area (Å²) in [5, 5.41) is 9.20. The van der Waals surface area contributed by atoms with Gasteiger partial charge in [-0.1, -0.05) is 0 Å². The van der Waals surface area contributed by atoms with E-state index in [0.29, 0.717) is 3.79 Å². The molecule has 0 radical (unpaired) electrons. The van der Waals surface area contributed by atoms with E-state index < -0.39 is 16.0 Å². The number of sulfonamides is 1. The molecule has 0 bridgehead atoms. The quantitative estimate of drug-likeness (QED) is 0.781. The Morgan fingerprint density at radius 2 is 2.00 bits per heavy atom. The van der Waals surface area contributed by atoms with E-state index in [0.717, 1.165) is 15.6 Å². The Bertz CT molecular complexity index is 801. The molecule has 0 fully saturated rings. The van der Waals surface area contributed by atoms with Crippen LogP contribution in [0.5, 0.6) is 0 Å². The fourth-order valence-electron chi connectivity index (χ4n) is 1.70. The number of hydrogen-bond acceptors (Lipinski definition) is 5. The van der Waals surface area contributed by atoms with Crippen molar-refractivity contribution in [2.45, 2.75) is 4.21 Å². The molecule has 0 aliphatic carbocycles. The molecule has 0 unspecified atom stereocenters. The van der Waals surface area contributed by atoms with Crippen molar-refractivity contribution < 1.29 is 18.3 Å². The second-order valence-electron chi connectivity index (χ2n) is 4.11. The molecule has 0 aliphatic rings. The van der Waals surface area contributed by atoms with Gasteiger partial charge in [0.15, 0.2) is 0 Å². The van der Waals surface area contributed by atoms with Crippen LogP contribution in [0, 0.1) is 0 Å². The van der Waals surface area contributed by atoms with Crippen LogP contribution in [0.2, 0.25) is 0 Å². The number of thiophene rings is 1. The van der Waals surface area contributed by atoms with E-state index in [2.05, 4.69) is 15.9 Å². The van der Waals surface area contributed by atoms with Gasteiger partial charge in [-0.3, -0.25) is 4.31 Å². The standard InChI is InChI=1S/C12H11BrN2O4S2/c1-15(21(18,19)11-5-4-10(13)20-11)9-3-2-7(14)6-8(9)12(16)17/h2-6H,14H2,1H3,(H,16,17). The number of carbonyl (C=O) groups is 1. The summed E-state index contributed by atoms with van der Waals surface area (Å²) in [6.45, 7) is 0. The molecule has 0 amide bonds. The maximum absolute atomic E-state index is 12.5. The van der Waals surface area contributed by atoms with Gasteiger partial charge in [0, 0.05) is 12.7 Å². The number of anilines is 2. The van der Waals surface area contributed by atoms with E-state index >= 15 is 0 Å². The molecule has 1 aromatic heterocycles. The van der Waals surface area contributed by atoms with Crippen molar-refractivity contribution in [3.63, 3.8) is 0 Å². The van der Waals surface area contributed by atoms with Crippen LogP contribution in [-0.4, -0.2) is 26.5 Å². The van der Waals surface area contributed by atoms with Crippen molar-refractivity contribution in [2.24, 2.45) is 0 Å². The normalized spacial score (nSPS) is 11.3. The molecular formula is C12H11BrN2O4S2. The molecule has 2 rings (SSSR count). The topological polar surface area (TPSA) is 101 Å². The van der Waals surface area contributed by atoms with Crippen LogP contribution in [0.15, 0.2) is 38.3 Å². The third kappa shape index (κ3) is 3.04. The highest BCUT2D eigenvalue weighted by molar-refractivity contribution is 9.11. The van der Waals surface area contributed by atoms with Gasteiger partial charge >= 0.3 is 5.97 Å². The lowest BCUT2D eigenvalue weighted by Crippen LogP contribution is -2.27. The van der Waals surface area contributed by atoms with Crippen LogP contribution < -0.4 is 10.0 Å². The van der Waals surface area contributed by atoms with E-state index in [9.17, 15) is 18.3 Å². The molecule has 9 heteroatoms. The molecule has 2 aromatic rings. The predicted octanol–water partition coefficient (Wildman–Crippen LogP) is 2.62. The molecule has 0 atom stereocenters. The number of carboxylic acids is 1. The van der Waals surface area contributed by atoms with Crippen molar-refractivity contribution in [2.75, 3.05) is 17.1 Å². The summed E-state index contributed by atoms with van der Waals surface area (Å²) in [5.41, 5.74) is 5.69. The van der Waals surface area contributed by atoms with Crippen molar-refractivity contribution in [1.29, 1.82) is 0 Å². The lowest BCUT2D eigenvalue weighted by molar-refractivity contribution is 0.0698. The van der Waals surface area contributed by atoms with Gasteiger partial charge in [0.1, 0.15) is 4.21 Å². The van der Waals surface area contributed by atoms with Gasteiger partial charge < -0.3 is 10.8 Å². The van der Waals surface area contributed by atoms with Crippen LogP contribution in [0.3, 0.4) is 0 Å². The number of benzene rings is 1. The Labute approximate surface area is 134 Å². The zero-order valence-electron chi connectivity index (χ0n) is 10.8. The molecular weight excluding hydrogens is 380 g/mol. The summed E-state index contributed by atoms with van der Waals surface area (Å²) in [7, 11) is -2.52. The van der Waals surface area contributed by atoms with Gasteiger partial charge in [0.05, 0.1) is 15.0 Å². The zero-order chi connectivity index (χ0) is 15.8. The number of nitrogens with two attached hydrogens (primary N) is 1. The Morgan fingerprint density at radius 1 is 1.33 bits per heavy atom. The molecule has 0 spiro atoms. The molecule has 6 nitrogen and oxygen atoms in total. The van der Waals surface area contributed by atoms with E-state index in [4.69, 9.17) is 5.73 Å². The van der Waals surface area contributed by atoms with Crippen LogP contribution in [0.25, 0.3) is 0 Å². The SMILES string of the molecule is CN(c1ccc(N)cc1C(=O)O)S(=O)(=O)c1ccc(Br)s1. The monoisotopic (exact) mass is 390 g/mol. The first-order valence-electron chi connectivity index (χ1n) is 5.60. The average molecular weight is 391 g/mol. The molecule has 1 heterocycles. The number of carboxylic acid groups (broad SMARTS) is 1. The largest absolute Gasteiger partial charge is 0.478 e. The fraction of sp³-hybridized carbons (Fsp3) is 0.0833. The lowest BCUT2D eigenvalue weighted by atomic mass is 10.1. The third-order valence-electron chi connectivity index (χ3n) is 2.75. The highest BCUT2D eigenvalue weighted by Gasteiger charge is 2.26. The second kappa shape index (κ2) is 5.66. The van der Waals surface area contributed by atoms with Crippen molar-refractivity contribution in [1.82, 2.24) is 0 Å². The smallest absolute Gasteiger partial charge is 0.337 e. The Hall–Kier alpha value is -1.58. The van der Waals surface area contributed by atoms with E-state index in [1.165, 1.54) is 31.3 Å². The molecule has 0 saturated carbocycles. The van der Waals surface area contributed by atoms with Crippen molar-refractivity contribution >= 4 is 54.6 Å². The summed E-state index contributed by atoms with van der Waals surface area (Å²) in [6.07, 6.45) is 0. The van der Waals surface area contributed by atoms with Crippen LogP contribution in [0.4, 0.5) is 11.4 Å². The number of aromatic carboxylic acids is 1. The molecule has 21 heavy (non-hydrogen) atoms. The first-order valence-corrected chi connectivity index (χ1v) is 8.65. The molecule has 112 valence electrons. The number of nitrogens with zero attached hydrogens (tertiary/aromatic N) is 1. The van der Waals surface area contributed by atoms with Gasteiger partial charge in [-0.05, 0) is 46.3 Å².